The Morgan fingerprint density at radius 3 is 2.79 bits per heavy atom. The van der Waals surface area contributed by atoms with Gasteiger partial charge in [0.1, 0.15) is 0 Å². The summed E-state index contributed by atoms with van der Waals surface area (Å²) in [6.45, 7) is 5.89. The molecule has 0 aliphatic carbocycles. The van der Waals surface area contributed by atoms with Crippen LogP contribution in [0.2, 0.25) is 0 Å². The van der Waals surface area contributed by atoms with Gasteiger partial charge in [-0.25, -0.2) is 0 Å². The fraction of sp³-hybridized carbons (Fsp3) is 0.417. The molecule has 0 aliphatic heterocycles. The lowest BCUT2D eigenvalue weighted by molar-refractivity contribution is 0.292. The van der Waals surface area contributed by atoms with E-state index in [9.17, 15) is 0 Å². The Morgan fingerprint density at radius 2 is 2.14 bits per heavy atom. The Labute approximate surface area is 86.0 Å². The normalized spacial score (nSPS) is 10.9. The fourth-order valence-corrected chi connectivity index (χ4v) is 1.30. The van der Waals surface area contributed by atoms with Gasteiger partial charge in [0.05, 0.1) is 6.61 Å². The van der Waals surface area contributed by atoms with Crippen molar-refractivity contribution in [3.63, 3.8) is 0 Å². The smallest absolute Gasteiger partial charge is 0.0556 e. The van der Waals surface area contributed by atoms with Crippen LogP contribution in [-0.4, -0.2) is 18.3 Å². The zero-order valence-corrected chi connectivity index (χ0v) is 8.88. The Hall–Kier alpha value is -0.860. The van der Waals surface area contributed by atoms with Gasteiger partial charge in [-0.15, -0.1) is 0 Å². The molecule has 0 aromatic heterocycles. The molecular formula is C12H18NO. The van der Waals surface area contributed by atoms with Gasteiger partial charge in [-0.1, -0.05) is 38.1 Å². The average molecular weight is 192 g/mol. The third-order valence-electron chi connectivity index (χ3n) is 2.12. The van der Waals surface area contributed by atoms with Gasteiger partial charge in [-0.05, 0) is 17.0 Å². The van der Waals surface area contributed by atoms with E-state index >= 15 is 0 Å². The van der Waals surface area contributed by atoms with Gasteiger partial charge < -0.3 is 10.4 Å². The summed E-state index contributed by atoms with van der Waals surface area (Å²) in [5, 5.41) is 11.8. The Morgan fingerprint density at radius 1 is 1.36 bits per heavy atom. The summed E-state index contributed by atoms with van der Waals surface area (Å²) in [6, 6.07) is 8.46. The van der Waals surface area contributed by atoms with Crippen molar-refractivity contribution in [2.75, 3.05) is 13.2 Å². The molecule has 0 aliphatic rings. The van der Waals surface area contributed by atoms with Crippen molar-refractivity contribution in [1.29, 1.82) is 0 Å². The highest BCUT2D eigenvalue weighted by molar-refractivity contribution is 5.32. The van der Waals surface area contributed by atoms with E-state index in [4.69, 9.17) is 5.11 Å². The monoisotopic (exact) mass is 192 g/mol. The van der Waals surface area contributed by atoms with Crippen LogP contribution < -0.4 is 5.32 Å². The highest BCUT2D eigenvalue weighted by Gasteiger charge is 1.99. The van der Waals surface area contributed by atoms with Crippen molar-refractivity contribution in [3.8, 4) is 0 Å². The molecule has 2 nitrogen and oxygen atoms in total. The Balaban J connectivity index is 2.55. The molecule has 1 rings (SSSR count). The predicted molar refractivity (Wildman–Crippen MR) is 58.9 cm³/mol. The molecule has 0 unspecified atom stereocenters. The fourth-order valence-electron chi connectivity index (χ4n) is 1.30. The first kappa shape index (κ1) is 11.2. The summed E-state index contributed by atoms with van der Waals surface area (Å²) >= 11 is 0. The maximum Gasteiger partial charge on any atom is 0.0556 e. The van der Waals surface area contributed by atoms with Crippen molar-refractivity contribution in [2.24, 2.45) is 0 Å². The molecule has 2 N–H and O–H groups in total. The van der Waals surface area contributed by atoms with Gasteiger partial charge >= 0.3 is 0 Å². The molecule has 2 heteroatoms. The van der Waals surface area contributed by atoms with Gasteiger partial charge in [0.2, 0.25) is 0 Å². The molecule has 1 aromatic carbocycles. The summed E-state index contributed by atoms with van der Waals surface area (Å²) in [7, 11) is 0. The Kier molecular flexibility index (Phi) is 4.63. The van der Waals surface area contributed by atoms with Crippen molar-refractivity contribution in [3.05, 3.63) is 41.3 Å². The first-order valence-electron chi connectivity index (χ1n) is 4.95. The minimum Gasteiger partial charge on any atom is -0.395 e. The second-order valence-corrected chi connectivity index (χ2v) is 3.60. The van der Waals surface area contributed by atoms with E-state index in [0.717, 1.165) is 6.54 Å². The van der Waals surface area contributed by atoms with Gasteiger partial charge in [0.15, 0.2) is 0 Å². The standard InChI is InChI=1S/C12H18NO/c1-10(2)12-5-3-4-11(8-12)9-13-6-7-14/h3-5,8,13-14H,6-7,9H2,1-2H3. The van der Waals surface area contributed by atoms with E-state index in [0.29, 0.717) is 6.54 Å². The summed E-state index contributed by atoms with van der Waals surface area (Å²) in [5.74, 6) is 1.33. The molecule has 0 atom stereocenters. The zero-order valence-electron chi connectivity index (χ0n) is 8.88. The first-order chi connectivity index (χ1) is 6.74. The SMILES string of the molecule is C[C](C)c1cccc(CNCCO)c1. The zero-order chi connectivity index (χ0) is 10.4. The van der Waals surface area contributed by atoms with E-state index < -0.39 is 0 Å². The van der Waals surface area contributed by atoms with Crippen molar-refractivity contribution in [1.82, 2.24) is 5.32 Å². The molecule has 14 heavy (non-hydrogen) atoms. The lowest BCUT2D eigenvalue weighted by Gasteiger charge is -2.08. The molecule has 0 saturated carbocycles. The number of nitrogens with one attached hydrogen (secondary N) is 1. The lowest BCUT2D eigenvalue weighted by atomic mass is 10.0. The molecule has 0 fully saturated rings. The van der Waals surface area contributed by atoms with E-state index in [2.05, 4.69) is 43.4 Å². The molecular weight excluding hydrogens is 174 g/mol. The molecule has 0 heterocycles. The number of benzene rings is 1. The van der Waals surface area contributed by atoms with Crippen LogP contribution in [0.5, 0.6) is 0 Å². The highest BCUT2D eigenvalue weighted by atomic mass is 16.3. The third-order valence-corrected chi connectivity index (χ3v) is 2.12. The minimum absolute atomic E-state index is 0.193. The van der Waals surface area contributed by atoms with Crippen LogP contribution in [0.4, 0.5) is 0 Å². The second-order valence-electron chi connectivity index (χ2n) is 3.60. The van der Waals surface area contributed by atoms with Gasteiger partial charge in [-0.3, -0.25) is 0 Å². The third kappa shape index (κ3) is 3.48. The maximum absolute atomic E-state index is 8.62. The van der Waals surface area contributed by atoms with Crippen LogP contribution in [-0.2, 0) is 6.54 Å². The summed E-state index contributed by atoms with van der Waals surface area (Å²) in [6.07, 6.45) is 0. The molecule has 0 saturated heterocycles. The minimum atomic E-state index is 0.193. The second kappa shape index (κ2) is 5.78. The number of hydrogen-bond donors (Lipinski definition) is 2. The number of aliphatic hydroxyl groups excluding tert-OH is 1. The van der Waals surface area contributed by atoms with E-state index in [1.807, 2.05) is 0 Å². The Bertz CT molecular complexity index is 271. The molecule has 1 radical (unpaired) electrons. The van der Waals surface area contributed by atoms with E-state index in [1.165, 1.54) is 17.0 Å². The maximum atomic E-state index is 8.62. The predicted octanol–water partition coefficient (Wildman–Crippen LogP) is 1.73. The van der Waals surface area contributed by atoms with E-state index in [-0.39, 0.29) is 6.61 Å². The van der Waals surface area contributed by atoms with Crippen LogP contribution in [0, 0.1) is 5.92 Å². The summed E-state index contributed by atoms with van der Waals surface area (Å²) in [4.78, 5) is 0. The summed E-state index contributed by atoms with van der Waals surface area (Å²) < 4.78 is 0. The van der Waals surface area contributed by atoms with Crippen molar-refractivity contribution < 1.29 is 5.11 Å². The van der Waals surface area contributed by atoms with Crippen molar-refractivity contribution in [2.45, 2.75) is 20.4 Å². The van der Waals surface area contributed by atoms with Gasteiger partial charge in [-0.2, -0.15) is 0 Å². The topological polar surface area (TPSA) is 32.3 Å². The van der Waals surface area contributed by atoms with Crippen LogP contribution in [0.15, 0.2) is 24.3 Å². The average Bonchev–Trinajstić information content (AvgIpc) is 2.19. The molecule has 1 aromatic rings. The van der Waals surface area contributed by atoms with Crippen LogP contribution in [0.25, 0.3) is 0 Å². The largest absolute Gasteiger partial charge is 0.395 e. The number of aliphatic hydroxyl groups is 1. The molecule has 77 valence electrons. The van der Waals surface area contributed by atoms with E-state index in [1.54, 1.807) is 0 Å². The molecule has 0 bridgehead atoms. The quantitative estimate of drug-likeness (QED) is 0.696. The summed E-state index contributed by atoms with van der Waals surface area (Å²) in [5.41, 5.74) is 2.55. The van der Waals surface area contributed by atoms with Crippen LogP contribution in [0.1, 0.15) is 25.0 Å². The van der Waals surface area contributed by atoms with Crippen LogP contribution in [0.3, 0.4) is 0 Å². The lowest BCUT2D eigenvalue weighted by Crippen LogP contribution is -2.17. The van der Waals surface area contributed by atoms with Crippen LogP contribution >= 0.6 is 0 Å². The van der Waals surface area contributed by atoms with Gasteiger partial charge in [0, 0.05) is 13.1 Å². The van der Waals surface area contributed by atoms with Crippen molar-refractivity contribution >= 4 is 0 Å². The van der Waals surface area contributed by atoms with Gasteiger partial charge in [0.25, 0.3) is 0 Å². The molecule has 0 amide bonds. The number of rotatable bonds is 5. The molecule has 0 spiro atoms. The first-order valence-corrected chi connectivity index (χ1v) is 4.95. The number of hydrogen-bond acceptors (Lipinski definition) is 2. The highest BCUT2D eigenvalue weighted by Crippen LogP contribution is 2.14.